The first-order chi connectivity index (χ1) is 28.5. The van der Waals surface area contributed by atoms with E-state index in [0.717, 1.165) is 52.4 Å². The first-order valence-electron chi connectivity index (χ1n) is 21.4. The molecule has 0 saturated carbocycles. The van der Waals surface area contributed by atoms with Gasteiger partial charge >= 0.3 is 61.6 Å². The molecule has 0 amide bonds. The normalized spacial score (nSPS) is 12.2. The number of ether oxygens (including phenoxy) is 4. The summed E-state index contributed by atoms with van der Waals surface area (Å²) >= 11 is 0. The van der Waals surface area contributed by atoms with Gasteiger partial charge in [-0.2, -0.15) is 0 Å². The molecule has 0 radical (unpaired) electrons. The van der Waals surface area contributed by atoms with Gasteiger partial charge in [0.1, 0.15) is 20.2 Å². The van der Waals surface area contributed by atoms with Gasteiger partial charge in [-0.05, 0) is 51.0 Å². The Labute approximate surface area is 394 Å². The standard InChI is InChI=1S/2C22H34O7S.Ca/c2*1-3-4-5-6-7-8-9-10-11-14-17-28-21(23)19-15-12-13-16-20(19)22(24)29-18(2)30(25,26)27;/h2*12-13,15-16,18H,3-11,14,17H2,1-2H3,(H,25,26,27);/q;;+2/p-2. The van der Waals surface area contributed by atoms with E-state index in [9.17, 15) is 45.1 Å². The van der Waals surface area contributed by atoms with Gasteiger partial charge in [-0.25, -0.2) is 36.0 Å². The molecule has 2 atom stereocenters. The molecule has 340 valence electrons. The molecule has 0 aliphatic rings. The maximum atomic E-state index is 12.3. The van der Waals surface area contributed by atoms with Gasteiger partial charge in [-0.1, -0.05) is 154 Å². The molecule has 2 aromatic carbocycles. The van der Waals surface area contributed by atoms with Crippen molar-refractivity contribution in [2.75, 3.05) is 13.2 Å². The summed E-state index contributed by atoms with van der Waals surface area (Å²) in [6.07, 6.45) is 23.3. The zero-order valence-corrected chi connectivity index (χ0v) is 40.4. The van der Waals surface area contributed by atoms with Gasteiger partial charge in [0.2, 0.25) is 0 Å². The molecule has 0 bridgehead atoms. The Morgan fingerprint density at radius 2 is 0.672 bits per heavy atom. The molecule has 61 heavy (non-hydrogen) atoms. The maximum Gasteiger partial charge on any atom is 2.00 e. The van der Waals surface area contributed by atoms with E-state index in [1.165, 1.54) is 126 Å². The molecule has 14 nitrogen and oxygen atoms in total. The topological polar surface area (TPSA) is 220 Å². The molecule has 17 heteroatoms. The van der Waals surface area contributed by atoms with E-state index in [2.05, 4.69) is 23.3 Å². The van der Waals surface area contributed by atoms with Gasteiger partial charge in [-0.3, -0.25) is 0 Å². The van der Waals surface area contributed by atoms with Crippen LogP contribution in [0.4, 0.5) is 0 Å². The van der Waals surface area contributed by atoms with Gasteiger partial charge in [0.05, 0.1) is 35.5 Å². The summed E-state index contributed by atoms with van der Waals surface area (Å²) in [6, 6.07) is 11.6. The predicted molar refractivity (Wildman–Crippen MR) is 232 cm³/mol. The summed E-state index contributed by atoms with van der Waals surface area (Å²) in [4.78, 5) is 48.9. The zero-order chi connectivity index (χ0) is 44.8. The third-order valence-corrected chi connectivity index (χ3v) is 11.4. The van der Waals surface area contributed by atoms with E-state index >= 15 is 0 Å². The minimum absolute atomic E-state index is 0. The number of carbonyl (C=O) groups is 4. The minimum Gasteiger partial charge on any atom is -0.745 e. The molecule has 0 aromatic heterocycles. The molecule has 2 unspecified atom stereocenters. The van der Waals surface area contributed by atoms with Crippen LogP contribution in [0.15, 0.2) is 48.5 Å². The molecule has 0 spiro atoms. The van der Waals surface area contributed by atoms with Crippen LogP contribution in [0, 0.1) is 0 Å². The Balaban J connectivity index is 0.00000116. The number of hydrogen-bond acceptors (Lipinski definition) is 14. The minimum atomic E-state index is -4.78. The second kappa shape index (κ2) is 33.9. The number of unbranched alkanes of at least 4 members (excludes halogenated alkanes) is 18. The zero-order valence-electron chi connectivity index (χ0n) is 36.6. The number of rotatable bonds is 30. The van der Waals surface area contributed by atoms with E-state index < -0.39 is 55.0 Å². The second-order valence-corrected chi connectivity index (χ2v) is 18.0. The van der Waals surface area contributed by atoms with Gasteiger partial charge in [0.15, 0.2) is 10.9 Å². The Hall–Kier alpha value is -2.60. The average molecular weight is 923 g/mol. The van der Waals surface area contributed by atoms with Crippen molar-refractivity contribution in [3.05, 3.63) is 70.8 Å². The molecule has 2 rings (SSSR count). The van der Waals surface area contributed by atoms with Crippen molar-refractivity contribution < 1.29 is 64.1 Å². The molecule has 0 fully saturated rings. The van der Waals surface area contributed by atoms with Crippen LogP contribution in [0.25, 0.3) is 0 Å². The summed E-state index contributed by atoms with van der Waals surface area (Å²) in [5.41, 5.74) is -4.02. The van der Waals surface area contributed by atoms with Gasteiger partial charge in [-0.15, -0.1) is 0 Å². The van der Waals surface area contributed by atoms with E-state index in [0.29, 0.717) is 0 Å². The molecule has 0 aliphatic carbocycles. The Morgan fingerprint density at radius 3 is 0.918 bits per heavy atom. The van der Waals surface area contributed by atoms with Crippen molar-refractivity contribution >= 4 is 81.9 Å². The monoisotopic (exact) mass is 922 g/mol. The average Bonchev–Trinajstić information content (AvgIpc) is 3.21. The summed E-state index contributed by atoms with van der Waals surface area (Å²) in [6.45, 7) is 6.82. The second-order valence-electron chi connectivity index (χ2n) is 14.7. The quantitative estimate of drug-likeness (QED) is 0.0234. The summed E-state index contributed by atoms with van der Waals surface area (Å²) in [5, 5.41) is 0. The van der Waals surface area contributed by atoms with E-state index in [1.807, 2.05) is 0 Å². The SMILES string of the molecule is CCCCCCCCCCCCOC(=O)c1ccccc1C(=O)OC(C)S(=O)(=O)[O-].CCCCCCCCCCCCOC(=O)c1ccccc1C(=O)OC(C)S(=O)(=O)[O-].[Ca+2]. The van der Waals surface area contributed by atoms with Crippen LogP contribution in [-0.4, -0.2) is 112 Å². The van der Waals surface area contributed by atoms with Crippen LogP contribution in [0.1, 0.15) is 198 Å². The molecular formula is C44H66CaO14S2. The smallest absolute Gasteiger partial charge is 0.745 e. The maximum absolute atomic E-state index is 12.3. The van der Waals surface area contributed by atoms with Crippen LogP contribution in [0.2, 0.25) is 0 Å². The molecule has 0 heterocycles. The summed E-state index contributed by atoms with van der Waals surface area (Å²) in [7, 11) is -9.56. The Kier molecular flexibility index (Phi) is 32.4. The van der Waals surface area contributed by atoms with Crippen molar-refractivity contribution in [2.45, 2.75) is 167 Å². The number of carbonyl (C=O) groups excluding carboxylic acids is 4. The number of hydrogen-bond donors (Lipinski definition) is 0. The molecule has 0 saturated heterocycles. The fraction of sp³-hybridized carbons (Fsp3) is 0.636. The van der Waals surface area contributed by atoms with Crippen LogP contribution >= 0.6 is 0 Å². The van der Waals surface area contributed by atoms with Gasteiger partial charge < -0.3 is 28.1 Å². The van der Waals surface area contributed by atoms with Crippen molar-refractivity contribution in [3.8, 4) is 0 Å². The molecule has 2 aromatic rings. The molecular weight excluding hydrogens is 857 g/mol. The van der Waals surface area contributed by atoms with Crippen LogP contribution in [0.3, 0.4) is 0 Å². The van der Waals surface area contributed by atoms with Gasteiger partial charge in [0.25, 0.3) is 0 Å². The predicted octanol–water partition coefficient (Wildman–Crippen LogP) is 9.24. The third-order valence-electron chi connectivity index (χ3n) is 9.55. The Morgan fingerprint density at radius 1 is 0.443 bits per heavy atom. The largest absolute Gasteiger partial charge is 2.00 e. The molecule has 0 aliphatic heterocycles. The van der Waals surface area contributed by atoms with Crippen molar-refractivity contribution in [1.29, 1.82) is 0 Å². The summed E-state index contributed by atoms with van der Waals surface area (Å²) in [5.74, 6) is -3.49. The summed E-state index contributed by atoms with van der Waals surface area (Å²) < 4.78 is 85.3. The third kappa shape index (κ3) is 26.6. The molecule has 0 N–H and O–H groups in total. The first-order valence-corrected chi connectivity index (χ1v) is 24.3. The fourth-order valence-corrected chi connectivity index (χ4v) is 6.30. The Bertz CT molecular complexity index is 1650. The van der Waals surface area contributed by atoms with E-state index in [1.54, 1.807) is 12.1 Å². The van der Waals surface area contributed by atoms with Gasteiger partial charge in [0, 0.05) is 0 Å². The first kappa shape index (κ1) is 58.4. The van der Waals surface area contributed by atoms with Crippen LogP contribution < -0.4 is 0 Å². The number of benzene rings is 2. The number of esters is 4. The van der Waals surface area contributed by atoms with Crippen molar-refractivity contribution in [3.63, 3.8) is 0 Å². The fourth-order valence-electron chi connectivity index (χ4n) is 5.89. The van der Waals surface area contributed by atoms with Crippen molar-refractivity contribution in [1.82, 2.24) is 0 Å². The van der Waals surface area contributed by atoms with Crippen LogP contribution in [-0.2, 0) is 39.2 Å². The van der Waals surface area contributed by atoms with E-state index in [4.69, 9.17) is 9.47 Å². The van der Waals surface area contributed by atoms with Crippen molar-refractivity contribution in [2.24, 2.45) is 0 Å². The van der Waals surface area contributed by atoms with Crippen LogP contribution in [0.5, 0.6) is 0 Å². The van der Waals surface area contributed by atoms with E-state index in [-0.39, 0.29) is 73.2 Å².